The largest absolute Gasteiger partial charge is 0.343 e. The molecule has 1 unspecified atom stereocenters. The molecule has 2 amide bonds. The van der Waals surface area contributed by atoms with E-state index in [1.54, 1.807) is 6.07 Å². The summed E-state index contributed by atoms with van der Waals surface area (Å²) in [6, 6.07) is 9.77. The molecule has 1 saturated heterocycles. The van der Waals surface area contributed by atoms with Gasteiger partial charge in [-0.3, -0.25) is 14.6 Å². The van der Waals surface area contributed by atoms with E-state index in [2.05, 4.69) is 42.9 Å². The number of nitrogens with zero attached hydrogens (tertiary/aromatic N) is 3. The second-order valence-electron chi connectivity index (χ2n) is 8.91. The van der Waals surface area contributed by atoms with Gasteiger partial charge < -0.3 is 10.2 Å². The van der Waals surface area contributed by atoms with E-state index < -0.39 is 43.3 Å². The Morgan fingerprint density at radius 3 is 2.73 bits per heavy atom. The number of likely N-dealkylation sites (tertiary alicyclic amines) is 1. The summed E-state index contributed by atoms with van der Waals surface area (Å²) in [5.74, 6) is 1.54. The van der Waals surface area contributed by atoms with Crippen LogP contribution in [0.3, 0.4) is 0 Å². The van der Waals surface area contributed by atoms with Crippen molar-refractivity contribution in [1.82, 2.24) is 15.2 Å². The Morgan fingerprint density at radius 2 is 2.03 bits per heavy atom. The van der Waals surface area contributed by atoms with E-state index in [0.29, 0.717) is 5.56 Å². The van der Waals surface area contributed by atoms with Crippen LogP contribution < -0.4 is 5.32 Å². The zero-order valence-corrected chi connectivity index (χ0v) is 18.7. The lowest BCUT2D eigenvalue weighted by molar-refractivity contribution is -0.131. The van der Waals surface area contributed by atoms with Gasteiger partial charge in [-0.2, -0.15) is 5.26 Å². The van der Waals surface area contributed by atoms with Gasteiger partial charge in [-0.25, -0.2) is 8.78 Å². The molecule has 1 N–H and O–H groups in total. The highest BCUT2D eigenvalue weighted by Gasteiger charge is 2.47. The SMILES string of the molecule is CC(C)(C)c1cccc(C#Cc2cnccc2C(=O)NCC(=O)N2CC(F)(F)CC2C#N)c1. The molecule has 1 aliphatic heterocycles. The number of hydrogen-bond acceptors (Lipinski definition) is 4. The zero-order valence-electron chi connectivity index (χ0n) is 18.7. The van der Waals surface area contributed by atoms with E-state index >= 15 is 0 Å². The molecule has 6 nitrogen and oxygen atoms in total. The van der Waals surface area contributed by atoms with Crippen LogP contribution in [0.1, 0.15) is 54.2 Å². The molecule has 3 rings (SSSR count). The number of aromatic nitrogens is 1. The van der Waals surface area contributed by atoms with Crippen molar-refractivity contribution in [3.05, 3.63) is 65.0 Å². The van der Waals surface area contributed by atoms with Crippen LogP contribution in [0.25, 0.3) is 0 Å². The van der Waals surface area contributed by atoms with Crippen LogP contribution in [0, 0.1) is 23.2 Å². The monoisotopic (exact) mass is 450 g/mol. The van der Waals surface area contributed by atoms with Crippen LogP contribution in [0.2, 0.25) is 0 Å². The molecule has 1 aliphatic rings. The van der Waals surface area contributed by atoms with Crippen molar-refractivity contribution in [1.29, 1.82) is 5.26 Å². The quantitative estimate of drug-likeness (QED) is 0.728. The third-order valence-corrected chi connectivity index (χ3v) is 5.28. The third kappa shape index (κ3) is 5.93. The van der Waals surface area contributed by atoms with E-state index in [1.165, 1.54) is 18.5 Å². The van der Waals surface area contributed by atoms with Crippen molar-refractivity contribution in [2.24, 2.45) is 0 Å². The smallest absolute Gasteiger partial charge is 0.268 e. The Bertz CT molecular complexity index is 1170. The molecule has 1 aromatic heterocycles. The first-order valence-corrected chi connectivity index (χ1v) is 10.4. The van der Waals surface area contributed by atoms with Crippen LogP contribution in [-0.2, 0) is 10.2 Å². The van der Waals surface area contributed by atoms with Crippen LogP contribution in [0.5, 0.6) is 0 Å². The maximum atomic E-state index is 13.6. The predicted molar refractivity (Wildman–Crippen MR) is 118 cm³/mol. The fourth-order valence-electron chi connectivity index (χ4n) is 3.44. The summed E-state index contributed by atoms with van der Waals surface area (Å²) in [4.78, 5) is 29.8. The van der Waals surface area contributed by atoms with Gasteiger partial charge in [0.2, 0.25) is 5.91 Å². The Balaban J connectivity index is 1.73. The predicted octanol–water partition coefficient (Wildman–Crippen LogP) is 3.27. The molecule has 170 valence electrons. The topological polar surface area (TPSA) is 86.1 Å². The van der Waals surface area contributed by atoms with Gasteiger partial charge in [0.15, 0.2) is 0 Å². The average molecular weight is 450 g/mol. The Morgan fingerprint density at radius 1 is 1.27 bits per heavy atom. The summed E-state index contributed by atoms with van der Waals surface area (Å²) in [5, 5.41) is 11.5. The van der Waals surface area contributed by atoms with E-state index in [9.17, 15) is 18.4 Å². The minimum absolute atomic E-state index is 0.0343. The summed E-state index contributed by atoms with van der Waals surface area (Å²) in [6.45, 7) is 4.97. The Hall–Kier alpha value is -3.78. The third-order valence-electron chi connectivity index (χ3n) is 5.28. The summed E-state index contributed by atoms with van der Waals surface area (Å²) < 4.78 is 27.1. The van der Waals surface area contributed by atoms with Crippen molar-refractivity contribution in [2.45, 2.75) is 44.6 Å². The highest BCUT2D eigenvalue weighted by Crippen LogP contribution is 2.31. The van der Waals surface area contributed by atoms with Gasteiger partial charge in [-0.1, -0.05) is 44.7 Å². The molecule has 2 heterocycles. The van der Waals surface area contributed by atoms with Crippen LogP contribution in [0.4, 0.5) is 8.78 Å². The lowest BCUT2D eigenvalue weighted by Gasteiger charge is -2.19. The molecule has 0 radical (unpaired) electrons. The van der Waals surface area contributed by atoms with E-state index in [4.69, 9.17) is 5.26 Å². The standard InChI is InChI=1S/C25H24F2N4O2/c1-24(2,3)19-6-4-5-17(11-19)7-8-18-14-29-10-9-21(18)23(33)30-15-22(32)31-16-25(26,27)12-20(31)13-28/h4-6,9-11,14,20H,12,15-16H2,1-3H3,(H,30,33). The van der Waals surface area contributed by atoms with Gasteiger partial charge in [0.05, 0.1) is 30.3 Å². The lowest BCUT2D eigenvalue weighted by atomic mass is 9.86. The van der Waals surface area contributed by atoms with Crippen LogP contribution >= 0.6 is 0 Å². The number of alkyl halides is 2. The number of nitriles is 1. The maximum Gasteiger partial charge on any atom is 0.268 e. The molecule has 2 aromatic rings. The number of carbonyl (C=O) groups is 2. The number of hydrogen-bond donors (Lipinski definition) is 1. The molecular formula is C25H24F2N4O2. The fraction of sp³-hybridized carbons (Fsp3) is 0.360. The van der Waals surface area contributed by atoms with Gasteiger partial charge in [0.25, 0.3) is 11.8 Å². The second-order valence-corrected chi connectivity index (χ2v) is 8.91. The van der Waals surface area contributed by atoms with Gasteiger partial charge in [0, 0.05) is 24.4 Å². The van der Waals surface area contributed by atoms with Gasteiger partial charge >= 0.3 is 0 Å². The maximum absolute atomic E-state index is 13.6. The van der Waals surface area contributed by atoms with E-state index in [0.717, 1.165) is 16.0 Å². The molecular weight excluding hydrogens is 426 g/mol. The first-order valence-electron chi connectivity index (χ1n) is 10.4. The summed E-state index contributed by atoms with van der Waals surface area (Å²) >= 11 is 0. The van der Waals surface area contributed by atoms with Crippen molar-refractivity contribution < 1.29 is 18.4 Å². The molecule has 33 heavy (non-hydrogen) atoms. The average Bonchev–Trinajstić information content (AvgIpc) is 3.10. The summed E-state index contributed by atoms with van der Waals surface area (Å²) in [7, 11) is 0. The number of nitrogens with one attached hydrogen (secondary N) is 1. The molecule has 1 aromatic carbocycles. The van der Waals surface area contributed by atoms with Gasteiger partial charge in [0.1, 0.15) is 6.04 Å². The Kier molecular flexibility index (Phi) is 6.78. The molecule has 0 saturated carbocycles. The van der Waals surface area contributed by atoms with Crippen molar-refractivity contribution in [3.8, 4) is 17.9 Å². The van der Waals surface area contributed by atoms with Crippen molar-refractivity contribution in [2.75, 3.05) is 13.1 Å². The number of carbonyl (C=O) groups excluding carboxylic acids is 2. The highest BCUT2D eigenvalue weighted by molar-refractivity contribution is 5.98. The molecule has 8 heteroatoms. The van der Waals surface area contributed by atoms with Crippen LogP contribution in [0.15, 0.2) is 42.7 Å². The summed E-state index contributed by atoms with van der Waals surface area (Å²) in [5.41, 5.74) is 2.45. The molecule has 1 atom stereocenters. The first kappa shape index (κ1) is 23.9. The minimum Gasteiger partial charge on any atom is -0.343 e. The Labute approximate surface area is 191 Å². The molecule has 0 spiro atoms. The minimum atomic E-state index is -3.11. The summed E-state index contributed by atoms with van der Waals surface area (Å²) in [6.07, 6.45) is 2.17. The number of benzene rings is 1. The van der Waals surface area contributed by atoms with Crippen molar-refractivity contribution in [3.63, 3.8) is 0 Å². The molecule has 1 fully saturated rings. The first-order chi connectivity index (χ1) is 15.5. The zero-order chi connectivity index (χ0) is 24.2. The second kappa shape index (κ2) is 9.38. The van der Waals surface area contributed by atoms with Gasteiger partial charge in [-0.05, 0) is 29.2 Å². The normalized spacial score (nSPS) is 17.0. The highest BCUT2D eigenvalue weighted by atomic mass is 19.3. The lowest BCUT2D eigenvalue weighted by Crippen LogP contribution is -2.43. The van der Waals surface area contributed by atoms with E-state index in [1.807, 2.05) is 24.3 Å². The van der Waals surface area contributed by atoms with Gasteiger partial charge in [-0.15, -0.1) is 0 Å². The number of amides is 2. The molecule has 0 aliphatic carbocycles. The number of pyridine rings is 1. The number of rotatable bonds is 3. The van der Waals surface area contributed by atoms with Crippen molar-refractivity contribution >= 4 is 11.8 Å². The van der Waals surface area contributed by atoms with E-state index in [-0.39, 0.29) is 11.0 Å². The molecule has 0 bridgehead atoms. The fourth-order valence-corrected chi connectivity index (χ4v) is 3.44. The van der Waals surface area contributed by atoms with Crippen LogP contribution in [-0.4, -0.2) is 46.8 Å². The number of halogens is 2.